The number of fused-ring (bicyclic) bond motifs is 4. The molecule has 0 amide bonds. The fourth-order valence-corrected chi connectivity index (χ4v) is 6.12. The molecule has 176 valence electrons. The van der Waals surface area contributed by atoms with Crippen LogP contribution in [0.3, 0.4) is 0 Å². The molecule has 0 atom stereocenters. The van der Waals surface area contributed by atoms with Crippen molar-refractivity contribution in [3.8, 4) is 22.3 Å². The molecule has 0 fully saturated rings. The zero-order valence-corrected chi connectivity index (χ0v) is 21.2. The van der Waals surface area contributed by atoms with Crippen LogP contribution in [-0.4, -0.2) is 0 Å². The van der Waals surface area contributed by atoms with Gasteiger partial charge in [0.2, 0.25) is 0 Å². The van der Waals surface area contributed by atoms with Gasteiger partial charge in [-0.25, -0.2) is 0 Å². The molecule has 0 saturated heterocycles. The Kier molecular flexibility index (Phi) is 5.08. The van der Waals surface area contributed by atoms with Crippen LogP contribution in [0, 0.1) is 0 Å². The Hall–Kier alpha value is -4.42. The molecule has 7 aromatic carbocycles. The Bertz CT molecular complexity index is 1900. The van der Waals surface area contributed by atoms with E-state index in [2.05, 4.69) is 141 Å². The zero-order chi connectivity index (χ0) is 24.9. The van der Waals surface area contributed by atoms with Gasteiger partial charge in [0.1, 0.15) is 0 Å². The fourth-order valence-electron chi connectivity index (χ4n) is 6.12. The van der Waals surface area contributed by atoms with Crippen LogP contribution in [-0.2, 0) is 0 Å². The number of hydrogen-bond donors (Lipinski definition) is 0. The molecule has 0 heteroatoms. The first-order chi connectivity index (χ1) is 18.2. The van der Waals surface area contributed by atoms with Gasteiger partial charge in [0.15, 0.2) is 0 Å². The van der Waals surface area contributed by atoms with Gasteiger partial charge in [-0.2, -0.15) is 0 Å². The van der Waals surface area contributed by atoms with Crippen molar-refractivity contribution in [3.63, 3.8) is 0 Å². The van der Waals surface area contributed by atoms with Gasteiger partial charge in [-0.15, -0.1) is 0 Å². The third-order valence-corrected chi connectivity index (χ3v) is 7.82. The molecular weight excluding hydrogens is 444 g/mol. The first kappa shape index (κ1) is 21.8. The van der Waals surface area contributed by atoms with Crippen LogP contribution in [0.15, 0.2) is 127 Å². The van der Waals surface area contributed by atoms with Crippen molar-refractivity contribution in [3.05, 3.63) is 133 Å². The van der Waals surface area contributed by atoms with Gasteiger partial charge in [-0.3, -0.25) is 0 Å². The van der Waals surface area contributed by atoms with Crippen LogP contribution in [0.25, 0.3) is 65.3 Å². The molecule has 0 aromatic heterocycles. The molecule has 7 aromatic rings. The lowest BCUT2D eigenvalue weighted by molar-refractivity contribution is 0.876. The summed E-state index contributed by atoms with van der Waals surface area (Å²) in [5.74, 6) is 0.475. The summed E-state index contributed by atoms with van der Waals surface area (Å²) in [5, 5.41) is 10.4. The predicted octanol–water partition coefficient (Wildman–Crippen LogP) is 10.8. The maximum absolute atomic E-state index is 2.35. The molecule has 0 aliphatic carbocycles. The van der Waals surface area contributed by atoms with E-state index >= 15 is 0 Å². The van der Waals surface area contributed by atoms with E-state index in [-0.39, 0.29) is 0 Å². The average molecular weight is 473 g/mol. The Morgan fingerprint density at radius 2 is 0.919 bits per heavy atom. The van der Waals surface area contributed by atoms with Gasteiger partial charge < -0.3 is 0 Å². The fraction of sp³-hybridized carbons (Fsp3) is 0.0811. The highest BCUT2D eigenvalue weighted by atomic mass is 14.2. The number of hydrogen-bond acceptors (Lipinski definition) is 0. The van der Waals surface area contributed by atoms with E-state index in [1.165, 1.54) is 70.9 Å². The van der Waals surface area contributed by atoms with E-state index < -0.39 is 0 Å². The third-order valence-electron chi connectivity index (χ3n) is 7.82. The summed E-state index contributed by atoms with van der Waals surface area (Å²) in [4.78, 5) is 0. The molecule has 0 saturated carbocycles. The lowest BCUT2D eigenvalue weighted by Gasteiger charge is -2.20. The summed E-state index contributed by atoms with van der Waals surface area (Å²) in [6.45, 7) is 4.56. The minimum Gasteiger partial charge on any atom is -0.0616 e. The van der Waals surface area contributed by atoms with Gasteiger partial charge in [-0.05, 0) is 82.9 Å². The van der Waals surface area contributed by atoms with E-state index in [0.29, 0.717) is 5.92 Å². The van der Waals surface area contributed by atoms with Crippen molar-refractivity contribution in [1.29, 1.82) is 0 Å². The smallest absolute Gasteiger partial charge is 0.00201 e. The molecule has 0 spiro atoms. The molecule has 0 N–H and O–H groups in total. The largest absolute Gasteiger partial charge is 0.0616 e. The monoisotopic (exact) mass is 472 g/mol. The van der Waals surface area contributed by atoms with Gasteiger partial charge >= 0.3 is 0 Å². The van der Waals surface area contributed by atoms with Crippen molar-refractivity contribution in [2.75, 3.05) is 0 Å². The maximum atomic E-state index is 2.35. The summed E-state index contributed by atoms with van der Waals surface area (Å²) >= 11 is 0. The summed E-state index contributed by atoms with van der Waals surface area (Å²) in [5.41, 5.74) is 6.60. The highest BCUT2D eigenvalue weighted by molar-refractivity contribution is 6.23. The Morgan fingerprint density at radius 3 is 1.54 bits per heavy atom. The molecule has 0 nitrogen and oxygen atoms in total. The van der Waals surface area contributed by atoms with E-state index in [4.69, 9.17) is 0 Å². The Balaban J connectivity index is 1.63. The minimum absolute atomic E-state index is 0.475. The quantitative estimate of drug-likeness (QED) is 0.224. The second kappa shape index (κ2) is 8.61. The lowest BCUT2D eigenvalue weighted by atomic mass is 9.83. The van der Waals surface area contributed by atoms with Crippen LogP contribution in [0.1, 0.15) is 25.3 Å². The molecule has 37 heavy (non-hydrogen) atoms. The van der Waals surface area contributed by atoms with E-state index in [1.54, 1.807) is 0 Å². The topological polar surface area (TPSA) is 0 Å². The van der Waals surface area contributed by atoms with Crippen LogP contribution in [0.5, 0.6) is 0 Å². The molecule has 0 aliphatic heterocycles. The molecule has 0 aliphatic rings. The van der Waals surface area contributed by atoms with Crippen LogP contribution in [0.4, 0.5) is 0 Å². The molecule has 0 bridgehead atoms. The summed E-state index contributed by atoms with van der Waals surface area (Å²) < 4.78 is 0. The summed E-state index contributed by atoms with van der Waals surface area (Å²) in [7, 11) is 0. The average Bonchev–Trinajstić information content (AvgIpc) is 2.95. The second-order valence-corrected chi connectivity index (χ2v) is 10.3. The first-order valence-electron chi connectivity index (χ1n) is 13.2. The van der Waals surface area contributed by atoms with Crippen molar-refractivity contribution < 1.29 is 0 Å². The number of benzene rings is 7. The number of rotatable bonds is 3. The maximum Gasteiger partial charge on any atom is -0.00201 e. The second-order valence-electron chi connectivity index (χ2n) is 10.3. The normalized spacial score (nSPS) is 11.8. The highest BCUT2D eigenvalue weighted by Crippen LogP contribution is 2.46. The van der Waals surface area contributed by atoms with E-state index in [0.717, 1.165) is 0 Å². The first-order valence-corrected chi connectivity index (χ1v) is 13.2. The minimum atomic E-state index is 0.475. The Morgan fingerprint density at radius 1 is 0.405 bits per heavy atom. The van der Waals surface area contributed by atoms with E-state index in [1.807, 2.05) is 0 Å². The lowest BCUT2D eigenvalue weighted by Crippen LogP contribution is -1.94. The Labute approximate surface area is 217 Å². The highest BCUT2D eigenvalue weighted by Gasteiger charge is 2.19. The molecular formula is C37H28. The SMILES string of the molecule is CC(C)c1ccc(-c2c3ccccc3c(-c3ccc4ccccc4c3)c3ccccc23)c2ccccc12. The van der Waals surface area contributed by atoms with Gasteiger partial charge in [0, 0.05) is 0 Å². The van der Waals surface area contributed by atoms with Crippen molar-refractivity contribution in [2.45, 2.75) is 19.8 Å². The summed E-state index contributed by atoms with van der Waals surface area (Å²) in [6, 6.07) is 47.0. The standard InChI is InChI=1S/C37H28/c1-24(2)28-21-22-35(30-14-6-5-13-29(28)30)37-33-17-9-7-15-31(33)36(32-16-8-10-18-34(32)37)27-20-19-25-11-3-4-12-26(25)23-27/h3-24H,1-2H3. The van der Waals surface area contributed by atoms with Gasteiger partial charge in [0.05, 0.1) is 0 Å². The van der Waals surface area contributed by atoms with E-state index in [9.17, 15) is 0 Å². The third kappa shape index (κ3) is 3.44. The molecule has 0 radical (unpaired) electrons. The van der Waals surface area contributed by atoms with Crippen LogP contribution >= 0.6 is 0 Å². The molecule has 0 heterocycles. The molecule has 0 unspecified atom stereocenters. The summed E-state index contributed by atoms with van der Waals surface area (Å²) in [6.07, 6.45) is 0. The predicted molar refractivity (Wildman–Crippen MR) is 161 cm³/mol. The van der Waals surface area contributed by atoms with Crippen LogP contribution in [0.2, 0.25) is 0 Å². The van der Waals surface area contributed by atoms with Crippen LogP contribution < -0.4 is 0 Å². The van der Waals surface area contributed by atoms with Crippen molar-refractivity contribution >= 4 is 43.1 Å². The van der Waals surface area contributed by atoms with Gasteiger partial charge in [-0.1, -0.05) is 135 Å². The van der Waals surface area contributed by atoms with Crippen molar-refractivity contribution in [2.24, 2.45) is 0 Å². The van der Waals surface area contributed by atoms with Gasteiger partial charge in [0.25, 0.3) is 0 Å². The zero-order valence-electron chi connectivity index (χ0n) is 21.2. The van der Waals surface area contributed by atoms with Crippen molar-refractivity contribution in [1.82, 2.24) is 0 Å². The molecule has 7 rings (SSSR count).